The Morgan fingerprint density at radius 1 is 1.45 bits per heavy atom. The molecule has 0 aromatic carbocycles. The van der Waals surface area contributed by atoms with Crippen LogP contribution in [0.15, 0.2) is 18.3 Å². The topological polar surface area (TPSA) is 31.4 Å². The molecule has 4 heteroatoms. The van der Waals surface area contributed by atoms with Crippen molar-refractivity contribution in [1.82, 2.24) is 15.2 Å². The summed E-state index contributed by atoms with van der Waals surface area (Å²) in [5.74, 6) is 0. The molecule has 0 saturated carbocycles. The van der Waals surface area contributed by atoms with Crippen molar-refractivity contribution in [2.75, 3.05) is 38.6 Å². The van der Waals surface area contributed by atoms with Crippen molar-refractivity contribution in [1.29, 1.82) is 0 Å². The minimum Gasteiger partial charge on any atom is -0.367 e. The zero-order valence-electron chi connectivity index (χ0n) is 13.1. The highest BCUT2D eigenvalue weighted by atomic mass is 15.2. The van der Waals surface area contributed by atoms with E-state index in [-0.39, 0.29) is 0 Å². The Labute approximate surface area is 123 Å². The molecule has 0 aliphatic carbocycles. The van der Waals surface area contributed by atoms with E-state index in [1.54, 1.807) is 0 Å². The van der Waals surface area contributed by atoms with Crippen LogP contribution in [0.1, 0.15) is 31.9 Å². The van der Waals surface area contributed by atoms with E-state index in [1.807, 2.05) is 6.20 Å². The molecule has 1 N–H and O–H groups in total. The maximum absolute atomic E-state index is 4.47. The summed E-state index contributed by atoms with van der Waals surface area (Å²) >= 11 is 0. The summed E-state index contributed by atoms with van der Waals surface area (Å²) in [6, 6.07) is 5.04. The molecule has 112 valence electrons. The van der Waals surface area contributed by atoms with Crippen LogP contribution in [0.5, 0.6) is 0 Å². The third-order valence-electron chi connectivity index (χ3n) is 3.82. The molecule has 1 aliphatic rings. The first-order valence-corrected chi connectivity index (χ1v) is 7.77. The Hall–Kier alpha value is -1.13. The average molecular weight is 276 g/mol. The first kappa shape index (κ1) is 15.3. The van der Waals surface area contributed by atoms with Gasteiger partial charge in [0.15, 0.2) is 0 Å². The van der Waals surface area contributed by atoms with Crippen molar-refractivity contribution < 1.29 is 0 Å². The fourth-order valence-corrected chi connectivity index (χ4v) is 2.92. The molecule has 1 aromatic heterocycles. The van der Waals surface area contributed by atoms with Crippen LogP contribution in [0, 0.1) is 0 Å². The summed E-state index contributed by atoms with van der Waals surface area (Å²) in [5.41, 5.74) is 2.48. The van der Waals surface area contributed by atoms with Crippen LogP contribution in [0.25, 0.3) is 0 Å². The molecular weight excluding hydrogens is 248 g/mol. The summed E-state index contributed by atoms with van der Waals surface area (Å²) in [4.78, 5) is 9.30. The van der Waals surface area contributed by atoms with Crippen molar-refractivity contribution in [3.8, 4) is 0 Å². The number of nitrogens with one attached hydrogen (secondary N) is 1. The summed E-state index contributed by atoms with van der Waals surface area (Å²) in [5, 5.41) is 3.42. The highest BCUT2D eigenvalue weighted by Gasteiger charge is 2.25. The van der Waals surface area contributed by atoms with Crippen LogP contribution in [-0.2, 0) is 6.54 Å². The number of anilines is 1. The van der Waals surface area contributed by atoms with E-state index in [4.69, 9.17) is 0 Å². The Bertz CT molecular complexity index is 405. The van der Waals surface area contributed by atoms with Gasteiger partial charge >= 0.3 is 0 Å². The summed E-state index contributed by atoms with van der Waals surface area (Å²) in [6.45, 7) is 6.41. The van der Waals surface area contributed by atoms with Gasteiger partial charge in [-0.2, -0.15) is 0 Å². The van der Waals surface area contributed by atoms with Crippen LogP contribution in [-0.4, -0.2) is 49.7 Å². The van der Waals surface area contributed by atoms with Gasteiger partial charge in [0, 0.05) is 37.6 Å². The van der Waals surface area contributed by atoms with Crippen molar-refractivity contribution in [3.05, 3.63) is 24.0 Å². The molecule has 1 saturated heterocycles. The predicted octanol–water partition coefficient (Wildman–Crippen LogP) is 2.11. The van der Waals surface area contributed by atoms with E-state index in [1.165, 1.54) is 25.1 Å². The molecule has 4 nitrogen and oxygen atoms in total. The number of pyridine rings is 1. The van der Waals surface area contributed by atoms with Gasteiger partial charge in [-0.25, -0.2) is 0 Å². The van der Waals surface area contributed by atoms with Crippen LogP contribution in [0.2, 0.25) is 0 Å². The molecule has 0 amide bonds. The van der Waals surface area contributed by atoms with E-state index >= 15 is 0 Å². The lowest BCUT2D eigenvalue weighted by molar-refractivity contribution is 0.372. The minimum atomic E-state index is 0.642. The first-order valence-electron chi connectivity index (χ1n) is 7.77. The van der Waals surface area contributed by atoms with Gasteiger partial charge in [0.1, 0.15) is 0 Å². The molecule has 0 spiro atoms. The van der Waals surface area contributed by atoms with Gasteiger partial charge in [0.05, 0.1) is 5.69 Å². The lowest BCUT2D eigenvalue weighted by atomic mass is 10.2. The zero-order chi connectivity index (χ0) is 14.4. The van der Waals surface area contributed by atoms with Gasteiger partial charge in [-0.15, -0.1) is 0 Å². The fourth-order valence-electron chi connectivity index (χ4n) is 2.92. The molecule has 1 atom stereocenters. The van der Waals surface area contributed by atoms with Crippen molar-refractivity contribution in [2.24, 2.45) is 0 Å². The van der Waals surface area contributed by atoms with Crippen molar-refractivity contribution >= 4 is 5.69 Å². The molecule has 1 unspecified atom stereocenters. The summed E-state index contributed by atoms with van der Waals surface area (Å²) < 4.78 is 0. The quantitative estimate of drug-likeness (QED) is 0.773. The number of aromatic nitrogens is 1. The smallest absolute Gasteiger partial charge is 0.0562 e. The normalized spacial score (nSPS) is 19.0. The molecule has 1 fully saturated rings. The predicted molar refractivity (Wildman–Crippen MR) is 85.2 cm³/mol. The highest BCUT2D eigenvalue weighted by molar-refractivity contribution is 5.48. The monoisotopic (exact) mass is 276 g/mol. The molecular formula is C16H28N4. The van der Waals surface area contributed by atoms with Gasteiger partial charge in [-0.1, -0.05) is 6.92 Å². The van der Waals surface area contributed by atoms with Crippen molar-refractivity contribution in [2.45, 2.75) is 38.8 Å². The van der Waals surface area contributed by atoms with Crippen LogP contribution < -0.4 is 10.2 Å². The zero-order valence-corrected chi connectivity index (χ0v) is 13.1. The second-order valence-electron chi connectivity index (χ2n) is 5.93. The van der Waals surface area contributed by atoms with Gasteiger partial charge in [0.25, 0.3) is 0 Å². The van der Waals surface area contributed by atoms with Crippen molar-refractivity contribution in [3.63, 3.8) is 0 Å². The fraction of sp³-hybridized carbons (Fsp3) is 0.688. The maximum atomic E-state index is 4.47. The number of likely N-dealkylation sites (N-methyl/N-ethyl adjacent to an activating group) is 1. The molecule has 0 bridgehead atoms. The van der Waals surface area contributed by atoms with E-state index in [2.05, 4.69) is 53.3 Å². The lowest BCUT2D eigenvalue weighted by Crippen LogP contribution is -2.37. The molecule has 0 radical (unpaired) electrons. The average Bonchev–Trinajstić information content (AvgIpc) is 2.87. The third-order valence-corrected chi connectivity index (χ3v) is 3.82. The Morgan fingerprint density at radius 3 is 3.05 bits per heavy atom. The lowest BCUT2D eigenvalue weighted by Gasteiger charge is -2.29. The minimum absolute atomic E-state index is 0.642. The molecule has 20 heavy (non-hydrogen) atoms. The van der Waals surface area contributed by atoms with Gasteiger partial charge in [-0.05, 0) is 52.0 Å². The number of nitrogens with zero attached hydrogens (tertiary/aromatic N) is 3. The van der Waals surface area contributed by atoms with E-state index in [0.717, 1.165) is 31.7 Å². The molecule has 2 heterocycles. The number of hydrogen-bond donors (Lipinski definition) is 1. The van der Waals surface area contributed by atoms with Crippen LogP contribution in [0.3, 0.4) is 0 Å². The van der Waals surface area contributed by atoms with Gasteiger partial charge in [-0.3, -0.25) is 4.98 Å². The Balaban J connectivity index is 2.01. The molecule has 1 aliphatic heterocycles. The van der Waals surface area contributed by atoms with Gasteiger partial charge in [0.2, 0.25) is 0 Å². The van der Waals surface area contributed by atoms with Crippen LogP contribution in [0.4, 0.5) is 5.69 Å². The first-order chi connectivity index (χ1) is 9.70. The number of hydrogen-bond acceptors (Lipinski definition) is 4. The third kappa shape index (κ3) is 4.18. The standard InChI is InChI=1S/C16H28N4/c1-4-8-17-12-14-11-15(7-9-18-14)20-10-5-6-16(20)13-19(2)3/h7,9,11,16-17H,4-6,8,10,12-13H2,1-3H3. The molecule has 1 aromatic rings. The summed E-state index contributed by atoms with van der Waals surface area (Å²) in [6.07, 6.45) is 5.70. The van der Waals surface area contributed by atoms with E-state index in [9.17, 15) is 0 Å². The second kappa shape index (κ2) is 7.60. The van der Waals surface area contributed by atoms with E-state index < -0.39 is 0 Å². The molecule has 2 rings (SSSR count). The maximum Gasteiger partial charge on any atom is 0.0562 e. The summed E-state index contributed by atoms with van der Waals surface area (Å²) in [7, 11) is 4.31. The largest absolute Gasteiger partial charge is 0.367 e. The second-order valence-corrected chi connectivity index (χ2v) is 5.93. The Morgan fingerprint density at radius 2 is 2.30 bits per heavy atom. The highest BCUT2D eigenvalue weighted by Crippen LogP contribution is 2.25. The van der Waals surface area contributed by atoms with Gasteiger partial charge < -0.3 is 15.1 Å². The number of rotatable bonds is 7. The van der Waals surface area contributed by atoms with Crippen LogP contribution >= 0.6 is 0 Å². The SMILES string of the molecule is CCCNCc1cc(N2CCCC2CN(C)C)ccn1. The Kier molecular flexibility index (Phi) is 5.80. The van der Waals surface area contributed by atoms with E-state index in [0.29, 0.717) is 6.04 Å².